The minimum absolute atomic E-state index is 0.0946. The van der Waals surface area contributed by atoms with Crippen LogP contribution in [-0.4, -0.2) is 70.8 Å². The maximum absolute atomic E-state index is 12.2. The van der Waals surface area contributed by atoms with E-state index in [1.54, 1.807) is 13.0 Å². The van der Waals surface area contributed by atoms with Gasteiger partial charge in [0.05, 0.1) is 18.3 Å². The van der Waals surface area contributed by atoms with E-state index in [-0.39, 0.29) is 17.4 Å². The number of rotatable bonds is 5. The predicted octanol–water partition coefficient (Wildman–Crippen LogP) is 1.30. The van der Waals surface area contributed by atoms with Crippen LogP contribution < -0.4 is 5.32 Å². The molecule has 1 aromatic heterocycles. The van der Waals surface area contributed by atoms with Crippen molar-refractivity contribution in [2.45, 2.75) is 52.2 Å². The second-order valence-corrected chi connectivity index (χ2v) is 7.80. The SMILES string of the molecule is C[C@H](O)CN1CCN(CC(=O)Nc2cc(C(C)(C)C)no2)C[C@@H]1C. The van der Waals surface area contributed by atoms with E-state index in [0.29, 0.717) is 25.0 Å². The van der Waals surface area contributed by atoms with Crippen molar-refractivity contribution in [2.24, 2.45) is 0 Å². The second kappa shape index (κ2) is 7.63. The van der Waals surface area contributed by atoms with Crippen LogP contribution in [0.5, 0.6) is 0 Å². The molecule has 1 aliphatic heterocycles. The molecule has 0 aromatic carbocycles. The average molecular weight is 338 g/mol. The summed E-state index contributed by atoms with van der Waals surface area (Å²) >= 11 is 0. The molecular weight excluding hydrogens is 308 g/mol. The fourth-order valence-corrected chi connectivity index (χ4v) is 2.89. The molecule has 0 aliphatic carbocycles. The van der Waals surface area contributed by atoms with Crippen molar-refractivity contribution in [3.05, 3.63) is 11.8 Å². The Hall–Kier alpha value is -1.44. The lowest BCUT2D eigenvalue weighted by molar-refractivity contribution is -0.118. The maximum Gasteiger partial charge on any atom is 0.240 e. The van der Waals surface area contributed by atoms with Crippen LogP contribution >= 0.6 is 0 Å². The van der Waals surface area contributed by atoms with Gasteiger partial charge >= 0.3 is 0 Å². The van der Waals surface area contributed by atoms with Crippen molar-refractivity contribution >= 4 is 11.8 Å². The highest BCUT2D eigenvalue weighted by molar-refractivity contribution is 5.91. The third-order valence-corrected chi connectivity index (χ3v) is 4.26. The number of aliphatic hydroxyl groups is 1. The number of nitrogens with zero attached hydrogens (tertiary/aromatic N) is 3. The van der Waals surface area contributed by atoms with E-state index in [1.807, 2.05) is 20.8 Å². The summed E-state index contributed by atoms with van der Waals surface area (Å²) in [5, 5.41) is 16.3. The molecule has 1 saturated heterocycles. The highest BCUT2D eigenvalue weighted by Gasteiger charge is 2.26. The monoisotopic (exact) mass is 338 g/mol. The molecule has 0 bridgehead atoms. The maximum atomic E-state index is 12.2. The molecule has 2 atom stereocenters. The van der Waals surface area contributed by atoms with Crippen molar-refractivity contribution < 1.29 is 14.4 Å². The van der Waals surface area contributed by atoms with E-state index < -0.39 is 0 Å². The summed E-state index contributed by atoms with van der Waals surface area (Å²) in [5.74, 6) is 0.300. The summed E-state index contributed by atoms with van der Waals surface area (Å²) in [6.07, 6.45) is -0.328. The first kappa shape index (κ1) is 18.9. The fraction of sp³-hybridized carbons (Fsp3) is 0.765. The third-order valence-electron chi connectivity index (χ3n) is 4.26. The van der Waals surface area contributed by atoms with Gasteiger partial charge in [-0.2, -0.15) is 0 Å². The zero-order valence-corrected chi connectivity index (χ0v) is 15.4. The zero-order valence-electron chi connectivity index (χ0n) is 15.4. The Morgan fingerprint density at radius 2 is 2.21 bits per heavy atom. The van der Waals surface area contributed by atoms with Gasteiger partial charge in [0.1, 0.15) is 0 Å². The van der Waals surface area contributed by atoms with Crippen molar-refractivity contribution in [3.8, 4) is 0 Å². The van der Waals surface area contributed by atoms with Crippen LogP contribution in [0.15, 0.2) is 10.6 Å². The lowest BCUT2D eigenvalue weighted by atomic mass is 9.92. The molecule has 7 nitrogen and oxygen atoms in total. The van der Waals surface area contributed by atoms with Gasteiger partial charge in [-0.15, -0.1) is 0 Å². The minimum atomic E-state index is -0.328. The Kier molecular flexibility index (Phi) is 6.01. The molecule has 0 saturated carbocycles. The smallest absolute Gasteiger partial charge is 0.240 e. The van der Waals surface area contributed by atoms with Gasteiger partial charge in [0.2, 0.25) is 11.8 Å². The molecule has 1 fully saturated rings. The first-order valence-corrected chi connectivity index (χ1v) is 8.56. The quantitative estimate of drug-likeness (QED) is 0.842. The Balaban J connectivity index is 1.82. The average Bonchev–Trinajstić information content (AvgIpc) is 2.90. The first-order valence-electron chi connectivity index (χ1n) is 8.56. The molecule has 2 rings (SSSR count). The molecule has 0 radical (unpaired) electrons. The van der Waals surface area contributed by atoms with Gasteiger partial charge in [-0.3, -0.25) is 19.9 Å². The lowest BCUT2D eigenvalue weighted by Gasteiger charge is -2.40. The number of aliphatic hydroxyl groups excluding tert-OH is 1. The standard InChI is InChI=1S/C17H30N4O3/c1-12-9-20(6-7-21(12)10-13(2)22)11-15(23)18-16-8-14(19-24-16)17(3,4)5/h8,12-13,22H,6-7,9-11H2,1-5H3,(H,18,23)/t12-,13-/m0/s1. The predicted molar refractivity (Wildman–Crippen MR) is 93.0 cm³/mol. The van der Waals surface area contributed by atoms with Crippen molar-refractivity contribution in [2.75, 3.05) is 38.0 Å². The number of hydrogen-bond acceptors (Lipinski definition) is 6. The molecule has 1 amide bonds. The summed E-state index contributed by atoms with van der Waals surface area (Å²) in [7, 11) is 0. The number of carbonyl (C=O) groups is 1. The van der Waals surface area contributed by atoms with Crippen LogP contribution in [0.2, 0.25) is 0 Å². The lowest BCUT2D eigenvalue weighted by Crippen LogP contribution is -2.54. The number of β-amino-alcohol motifs (C(OH)–C–C–N with tert-alkyl or cyclic N) is 1. The van der Waals surface area contributed by atoms with Crippen molar-refractivity contribution in [1.82, 2.24) is 15.0 Å². The minimum Gasteiger partial charge on any atom is -0.392 e. The molecule has 136 valence electrons. The van der Waals surface area contributed by atoms with Crippen LogP contribution in [0.3, 0.4) is 0 Å². The topological polar surface area (TPSA) is 81.8 Å². The van der Waals surface area contributed by atoms with Gasteiger partial charge < -0.3 is 9.63 Å². The van der Waals surface area contributed by atoms with Crippen molar-refractivity contribution in [3.63, 3.8) is 0 Å². The van der Waals surface area contributed by atoms with Crippen LogP contribution in [0, 0.1) is 0 Å². The van der Waals surface area contributed by atoms with E-state index in [1.165, 1.54) is 0 Å². The molecule has 0 spiro atoms. The van der Waals surface area contributed by atoms with Gasteiger partial charge in [-0.25, -0.2) is 0 Å². The zero-order chi connectivity index (χ0) is 17.9. The summed E-state index contributed by atoms with van der Waals surface area (Å²) in [6.45, 7) is 13.6. The molecule has 24 heavy (non-hydrogen) atoms. The number of aromatic nitrogens is 1. The summed E-state index contributed by atoms with van der Waals surface area (Å²) in [4.78, 5) is 16.6. The van der Waals surface area contributed by atoms with Gasteiger partial charge in [-0.05, 0) is 13.8 Å². The van der Waals surface area contributed by atoms with Crippen LogP contribution in [0.25, 0.3) is 0 Å². The normalized spacial score (nSPS) is 21.7. The van der Waals surface area contributed by atoms with Crippen molar-refractivity contribution in [1.29, 1.82) is 0 Å². The van der Waals surface area contributed by atoms with Crippen LogP contribution in [0.4, 0.5) is 5.88 Å². The Morgan fingerprint density at radius 1 is 1.50 bits per heavy atom. The van der Waals surface area contributed by atoms with Gasteiger partial charge in [0.15, 0.2) is 0 Å². The molecule has 1 aromatic rings. The molecular formula is C17H30N4O3. The Bertz CT molecular complexity index is 550. The Labute approximate surface area is 144 Å². The first-order chi connectivity index (χ1) is 11.1. The van der Waals surface area contributed by atoms with E-state index in [0.717, 1.165) is 25.3 Å². The molecule has 2 heterocycles. The number of hydrogen-bond donors (Lipinski definition) is 2. The largest absolute Gasteiger partial charge is 0.392 e. The number of amides is 1. The number of piperazine rings is 1. The Morgan fingerprint density at radius 3 is 2.75 bits per heavy atom. The number of nitrogens with one attached hydrogen (secondary N) is 1. The van der Waals surface area contributed by atoms with E-state index in [9.17, 15) is 9.90 Å². The van der Waals surface area contributed by atoms with Crippen LogP contribution in [0.1, 0.15) is 40.3 Å². The molecule has 0 unspecified atom stereocenters. The van der Waals surface area contributed by atoms with Gasteiger partial charge in [0, 0.05) is 43.7 Å². The highest BCUT2D eigenvalue weighted by atomic mass is 16.5. The van der Waals surface area contributed by atoms with E-state index in [2.05, 4.69) is 27.2 Å². The second-order valence-electron chi connectivity index (χ2n) is 7.80. The summed E-state index contributed by atoms with van der Waals surface area (Å²) in [5.41, 5.74) is 0.709. The van der Waals surface area contributed by atoms with E-state index in [4.69, 9.17) is 4.52 Å². The fourth-order valence-electron chi connectivity index (χ4n) is 2.89. The molecule has 1 aliphatic rings. The summed E-state index contributed by atoms with van der Waals surface area (Å²) < 4.78 is 5.20. The third kappa shape index (κ3) is 5.29. The molecule has 7 heteroatoms. The number of carbonyl (C=O) groups excluding carboxylic acids is 1. The highest BCUT2D eigenvalue weighted by Crippen LogP contribution is 2.23. The van der Waals surface area contributed by atoms with Gasteiger partial charge in [0.25, 0.3) is 0 Å². The van der Waals surface area contributed by atoms with Gasteiger partial charge in [-0.1, -0.05) is 25.9 Å². The molecule has 2 N–H and O–H groups in total. The van der Waals surface area contributed by atoms with Crippen LogP contribution in [-0.2, 0) is 10.2 Å². The van der Waals surface area contributed by atoms with E-state index >= 15 is 0 Å². The summed E-state index contributed by atoms with van der Waals surface area (Å²) in [6, 6.07) is 2.10. The number of anilines is 1.